The maximum Gasteiger partial charge on any atom is 0.171 e. The van der Waals surface area contributed by atoms with Gasteiger partial charge in [-0.05, 0) is 37.3 Å². The number of nitrogens with zero attached hydrogens (tertiary/aromatic N) is 2. The molecule has 0 bridgehead atoms. The Morgan fingerprint density at radius 2 is 1.54 bits per heavy atom. The normalized spacial score (nSPS) is 10.7. The molecule has 2 N–H and O–H groups in total. The topological polar surface area (TPSA) is 49.8 Å². The van der Waals surface area contributed by atoms with E-state index in [0.29, 0.717) is 10.8 Å². The van der Waals surface area contributed by atoms with Crippen molar-refractivity contribution in [1.82, 2.24) is 9.97 Å². The SMILES string of the molecule is Cc1ccc(NNc2nc3cc(Cl)ccc3nc2-c2ccccc2)cc1. The number of nitrogens with one attached hydrogen (secondary N) is 2. The van der Waals surface area contributed by atoms with Crippen molar-refractivity contribution in [2.75, 3.05) is 10.9 Å². The quantitative estimate of drug-likeness (QED) is 0.458. The molecule has 4 rings (SSSR count). The molecular formula is C21H17ClN4. The Labute approximate surface area is 156 Å². The first-order valence-corrected chi connectivity index (χ1v) is 8.68. The fraction of sp³-hybridized carbons (Fsp3) is 0.0476. The molecule has 4 nitrogen and oxygen atoms in total. The number of rotatable bonds is 4. The minimum absolute atomic E-state index is 0.636. The third kappa shape index (κ3) is 3.46. The van der Waals surface area contributed by atoms with Crippen LogP contribution in [0.25, 0.3) is 22.3 Å². The highest BCUT2D eigenvalue weighted by atomic mass is 35.5. The van der Waals surface area contributed by atoms with Crippen LogP contribution in [0.4, 0.5) is 11.5 Å². The number of aromatic nitrogens is 2. The van der Waals surface area contributed by atoms with Gasteiger partial charge in [0.25, 0.3) is 0 Å². The van der Waals surface area contributed by atoms with Crippen molar-refractivity contribution in [2.24, 2.45) is 0 Å². The molecule has 0 fully saturated rings. The Morgan fingerprint density at radius 3 is 2.31 bits per heavy atom. The fourth-order valence-electron chi connectivity index (χ4n) is 2.68. The zero-order valence-corrected chi connectivity index (χ0v) is 15.0. The molecule has 1 heterocycles. The van der Waals surface area contributed by atoms with Gasteiger partial charge in [-0.3, -0.25) is 10.9 Å². The number of halogens is 1. The molecule has 0 aliphatic carbocycles. The van der Waals surface area contributed by atoms with Crippen LogP contribution in [0.5, 0.6) is 0 Å². The first-order valence-electron chi connectivity index (χ1n) is 8.30. The van der Waals surface area contributed by atoms with Crippen molar-refractivity contribution in [3.8, 4) is 11.3 Å². The lowest BCUT2D eigenvalue weighted by Gasteiger charge is -2.14. The van der Waals surface area contributed by atoms with Gasteiger partial charge in [-0.15, -0.1) is 0 Å². The highest BCUT2D eigenvalue weighted by Crippen LogP contribution is 2.28. The van der Waals surface area contributed by atoms with E-state index in [-0.39, 0.29) is 0 Å². The number of benzene rings is 3. The first kappa shape index (κ1) is 16.4. The predicted molar refractivity (Wildman–Crippen MR) is 108 cm³/mol. The van der Waals surface area contributed by atoms with Crippen LogP contribution in [0.3, 0.4) is 0 Å². The van der Waals surface area contributed by atoms with Gasteiger partial charge in [0.1, 0.15) is 5.69 Å². The van der Waals surface area contributed by atoms with Gasteiger partial charge in [0.2, 0.25) is 0 Å². The Balaban J connectivity index is 1.75. The average molecular weight is 361 g/mol. The van der Waals surface area contributed by atoms with E-state index >= 15 is 0 Å². The lowest BCUT2D eigenvalue weighted by Crippen LogP contribution is -2.12. The van der Waals surface area contributed by atoms with Crippen LogP contribution in [0, 0.1) is 6.92 Å². The van der Waals surface area contributed by atoms with Crippen molar-refractivity contribution in [2.45, 2.75) is 6.92 Å². The molecule has 1 aromatic heterocycles. The standard InChI is InChI=1S/C21H17ClN4/c1-14-7-10-17(11-8-14)25-26-21-20(15-5-3-2-4-6-15)23-18-12-9-16(22)13-19(18)24-21/h2-13,25H,1H3,(H,24,26). The molecule has 0 atom stereocenters. The minimum Gasteiger partial charge on any atom is -0.300 e. The lowest BCUT2D eigenvalue weighted by molar-refractivity contribution is 1.25. The Hall–Kier alpha value is -3.11. The summed E-state index contributed by atoms with van der Waals surface area (Å²) >= 11 is 6.11. The van der Waals surface area contributed by atoms with Crippen molar-refractivity contribution in [1.29, 1.82) is 0 Å². The lowest BCUT2D eigenvalue weighted by atomic mass is 10.1. The van der Waals surface area contributed by atoms with Crippen molar-refractivity contribution < 1.29 is 0 Å². The minimum atomic E-state index is 0.636. The first-order chi connectivity index (χ1) is 12.7. The van der Waals surface area contributed by atoms with Crippen LogP contribution in [0.15, 0.2) is 72.8 Å². The Morgan fingerprint density at radius 1 is 0.769 bits per heavy atom. The molecule has 0 unspecified atom stereocenters. The molecule has 0 aliphatic rings. The summed E-state index contributed by atoms with van der Waals surface area (Å²) in [4.78, 5) is 9.51. The molecule has 5 heteroatoms. The zero-order chi connectivity index (χ0) is 17.9. The number of hydrazine groups is 1. The van der Waals surface area contributed by atoms with E-state index in [2.05, 4.69) is 17.8 Å². The largest absolute Gasteiger partial charge is 0.300 e. The maximum atomic E-state index is 6.11. The van der Waals surface area contributed by atoms with E-state index in [1.165, 1.54) is 5.56 Å². The smallest absolute Gasteiger partial charge is 0.171 e. The van der Waals surface area contributed by atoms with Crippen LogP contribution in [0.1, 0.15) is 5.56 Å². The van der Waals surface area contributed by atoms with Crippen LogP contribution in [-0.2, 0) is 0 Å². The summed E-state index contributed by atoms with van der Waals surface area (Å²) in [6.07, 6.45) is 0. The third-order valence-electron chi connectivity index (χ3n) is 4.05. The van der Waals surface area contributed by atoms with Gasteiger partial charge in [0.05, 0.1) is 16.7 Å². The summed E-state index contributed by atoms with van der Waals surface area (Å²) in [5, 5.41) is 0.636. The molecule has 0 saturated carbocycles. The van der Waals surface area contributed by atoms with E-state index in [1.807, 2.05) is 72.8 Å². The van der Waals surface area contributed by atoms with Crippen LogP contribution < -0.4 is 10.9 Å². The second-order valence-electron chi connectivity index (χ2n) is 6.04. The maximum absolute atomic E-state index is 6.11. The third-order valence-corrected chi connectivity index (χ3v) is 4.29. The van der Waals surface area contributed by atoms with Gasteiger partial charge in [-0.2, -0.15) is 0 Å². The molecule has 0 spiro atoms. The second kappa shape index (κ2) is 7.02. The number of aryl methyl sites for hydroxylation is 1. The molecule has 0 amide bonds. The molecule has 0 saturated heterocycles. The molecule has 0 aliphatic heterocycles. The summed E-state index contributed by atoms with van der Waals surface area (Å²) in [5.74, 6) is 0.645. The van der Waals surface area contributed by atoms with Gasteiger partial charge >= 0.3 is 0 Å². The second-order valence-corrected chi connectivity index (χ2v) is 6.47. The Kier molecular flexibility index (Phi) is 4.42. The van der Waals surface area contributed by atoms with E-state index in [0.717, 1.165) is 28.0 Å². The number of hydrogen-bond acceptors (Lipinski definition) is 4. The summed E-state index contributed by atoms with van der Waals surface area (Å²) in [7, 11) is 0. The number of hydrogen-bond donors (Lipinski definition) is 2. The molecular weight excluding hydrogens is 344 g/mol. The van der Waals surface area contributed by atoms with Crippen LogP contribution >= 0.6 is 11.6 Å². The summed E-state index contributed by atoms with van der Waals surface area (Å²) in [6, 6.07) is 23.6. The Bertz CT molecular complexity index is 1050. The highest BCUT2D eigenvalue weighted by Gasteiger charge is 2.11. The predicted octanol–water partition coefficient (Wildman–Crippen LogP) is 5.70. The monoisotopic (exact) mass is 360 g/mol. The van der Waals surface area contributed by atoms with Gasteiger partial charge in [0, 0.05) is 10.6 Å². The molecule has 3 aromatic carbocycles. The van der Waals surface area contributed by atoms with Gasteiger partial charge in [-0.1, -0.05) is 59.6 Å². The van der Waals surface area contributed by atoms with Crippen LogP contribution in [-0.4, -0.2) is 9.97 Å². The van der Waals surface area contributed by atoms with Crippen molar-refractivity contribution in [3.63, 3.8) is 0 Å². The summed E-state index contributed by atoms with van der Waals surface area (Å²) < 4.78 is 0. The fourth-order valence-corrected chi connectivity index (χ4v) is 2.85. The molecule has 0 radical (unpaired) electrons. The zero-order valence-electron chi connectivity index (χ0n) is 14.2. The summed E-state index contributed by atoms with van der Waals surface area (Å²) in [5.41, 5.74) is 11.9. The van der Waals surface area contributed by atoms with Crippen molar-refractivity contribution in [3.05, 3.63) is 83.4 Å². The van der Waals surface area contributed by atoms with E-state index in [4.69, 9.17) is 21.6 Å². The van der Waals surface area contributed by atoms with Crippen LogP contribution in [0.2, 0.25) is 5.02 Å². The number of fused-ring (bicyclic) bond motifs is 1. The van der Waals surface area contributed by atoms with Gasteiger partial charge < -0.3 is 0 Å². The highest BCUT2D eigenvalue weighted by molar-refractivity contribution is 6.31. The van der Waals surface area contributed by atoms with Gasteiger partial charge in [-0.25, -0.2) is 9.97 Å². The molecule has 128 valence electrons. The van der Waals surface area contributed by atoms with E-state index in [9.17, 15) is 0 Å². The molecule has 4 aromatic rings. The average Bonchev–Trinajstić information content (AvgIpc) is 2.67. The van der Waals surface area contributed by atoms with E-state index in [1.54, 1.807) is 0 Å². The number of anilines is 2. The van der Waals surface area contributed by atoms with E-state index < -0.39 is 0 Å². The van der Waals surface area contributed by atoms with Gasteiger partial charge in [0.15, 0.2) is 5.82 Å². The van der Waals surface area contributed by atoms with Crippen molar-refractivity contribution >= 4 is 34.1 Å². The summed E-state index contributed by atoms with van der Waals surface area (Å²) in [6.45, 7) is 2.06. The molecule has 26 heavy (non-hydrogen) atoms.